The van der Waals surface area contributed by atoms with Crippen LogP contribution in [0.2, 0.25) is 5.02 Å². The number of hydrogen-bond acceptors (Lipinski definition) is 4. The Balaban J connectivity index is 1.62. The summed E-state index contributed by atoms with van der Waals surface area (Å²) < 4.78 is 5.65. The van der Waals surface area contributed by atoms with Crippen LogP contribution in [-0.2, 0) is 9.53 Å². The lowest BCUT2D eigenvalue weighted by Crippen LogP contribution is -2.48. The zero-order valence-corrected chi connectivity index (χ0v) is 14.1. The second-order valence-electron chi connectivity index (χ2n) is 5.55. The van der Waals surface area contributed by atoms with Crippen LogP contribution < -0.4 is 0 Å². The molecule has 0 spiro atoms. The molecule has 118 valence electrons. The number of H-pyrrole nitrogens is 1. The fourth-order valence-electron chi connectivity index (χ4n) is 2.63. The first-order valence-electron chi connectivity index (χ1n) is 7.22. The Morgan fingerprint density at radius 1 is 1.45 bits per heavy atom. The number of morpholine rings is 1. The van der Waals surface area contributed by atoms with Gasteiger partial charge >= 0.3 is 0 Å². The Hall–Kier alpha value is -1.24. The van der Waals surface area contributed by atoms with E-state index in [4.69, 9.17) is 16.3 Å². The molecule has 1 fully saturated rings. The minimum Gasteiger partial charge on any atom is -0.372 e. The normalized spacial score (nSPS) is 22.2. The minimum absolute atomic E-state index is 0.0889. The van der Waals surface area contributed by atoms with Crippen molar-refractivity contribution in [3.63, 3.8) is 0 Å². The first-order valence-corrected chi connectivity index (χ1v) is 8.59. The van der Waals surface area contributed by atoms with Crippen LogP contribution in [0.15, 0.2) is 23.4 Å². The quantitative estimate of drug-likeness (QED) is 0.873. The van der Waals surface area contributed by atoms with E-state index in [0.29, 0.717) is 23.9 Å². The number of fused-ring (bicyclic) bond motifs is 1. The van der Waals surface area contributed by atoms with Crippen LogP contribution in [-0.4, -0.2) is 51.8 Å². The number of aromatic nitrogens is 2. The summed E-state index contributed by atoms with van der Waals surface area (Å²) >= 11 is 7.37. The topological polar surface area (TPSA) is 58.2 Å². The molecule has 0 saturated carbocycles. The number of nitrogens with zero attached hydrogens (tertiary/aromatic N) is 2. The number of aromatic amines is 1. The molecular weight excluding hydrogens is 322 g/mol. The van der Waals surface area contributed by atoms with E-state index >= 15 is 0 Å². The predicted molar refractivity (Wildman–Crippen MR) is 88.4 cm³/mol. The van der Waals surface area contributed by atoms with E-state index in [1.54, 1.807) is 6.07 Å². The lowest BCUT2D eigenvalue weighted by atomic mass is 10.2. The van der Waals surface area contributed by atoms with Crippen LogP contribution in [0.1, 0.15) is 13.8 Å². The number of carbonyl (C=O) groups excluding carboxylic acids is 1. The van der Waals surface area contributed by atoms with Crippen LogP contribution in [0.3, 0.4) is 0 Å². The van der Waals surface area contributed by atoms with Gasteiger partial charge in [0.1, 0.15) is 0 Å². The Morgan fingerprint density at radius 2 is 2.18 bits per heavy atom. The maximum atomic E-state index is 12.3. The number of carbonyl (C=O) groups is 1. The maximum absolute atomic E-state index is 12.3. The Morgan fingerprint density at radius 3 is 2.91 bits per heavy atom. The van der Waals surface area contributed by atoms with Gasteiger partial charge in [-0.1, -0.05) is 23.4 Å². The van der Waals surface area contributed by atoms with Gasteiger partial charge in [0.05, 0.1) is 29.0 Å². The average molecular weight is 340 g/mol. The van der Waals surface area contributed by atoms with Gasteiger partial charge in [-0.2, -0.15) is 0 Å². The van der Waals surface area contributed by atoms with Gasteiger partial charge in [0.15, 0.2) is 5.16 Å². The first-order chi connectivity index (χ1) is 10.5. The number of benzene rings is 1. The number of hydrogen-bond donors (Lipinski definition) is 1. The van der Waals surface area contributed by atoms with Crippen LogP contribution in [0.4, 0.5) is 0 Å². The number of ether oxygens (including phenoxy) is 1. The molecule has 2 heterocycles. The van der Waals surface area contributed by atoms with E-state index in [0.717, 1.165) is 16.2 Å². The zero-order chi connectivity index (χ0) is 15.7. The number of rotatable bonds is 3. The van der Waals surface area contributed by atoms with Gasteiger partial charge in [-0.3, -0.25) is 4.79 Å². The summed E-state index contributed by atoms with van der Waals surface area (Å²) in [4.78, 5) is 21.8. The molecule has 7 heteroatoms. The SMILES string of the molecule is C[C@H]1CN(C(=O)CSc2nc3ccc(Cl)cc3[nH]2)C[C@H](C)O1. The largest absolute Gasteiger partial charge is 0.372 e. The van der Waals surface area contributed by atoms with Crippen molar-refractivity contribution in [2.45, 2.75) is 31.2 Å². The fourth-order valence-corrected chi connectivity index (χ4v) is 3.59. The molecule has 1 saturated heterocycles. The van der Waals surface area contributed by atoms with Crippen molar-refractivity contribution in [3.8, 4) is 0 Å². The van der Waals surface area contributed by atoms with E-state index in [1.807, 2.05) is 30.9 Å². The molecule has 0 radical (unpaired) electrons. The predicted octanol–water partition coefficient (Wildman–Crippen LogP) is 2.94. The third-order valence-electron chi connectivity index (χ3n) is 3.53. The number of nitrogens with one attached hydrogen (secondary N) is 1. The van der Waals surface area contributed by atoms with Crippen LogP contribution >= 0.6 is 23.4 Å². The lowest BCUT2D eigenvalue weighted by molar-refractivity contribution is -0.140. The van der Waals surface area contributed by atoms with E-state index in [1.165, 1.54) is 11.8 Å². The summed E-state index contributed by atoms with van der Waals surface area (Å²) in [6.45, 7) is 5.29. The summed E-state index contributed by atoms with van der Waals surface area (Å²) in [7, 11) is 0. The molecule has 3 rings (SSSR count). The van der Waals surface area contributed by atoms with Crippen molar-refractivity contribution in [3.05, 3.63) is 23.2 Å². The van der Waals surface area contributed by atoms with E-state index in [-0.39, 0.29) is 18.1 Å². The van der Waals surface area contributed by atoms with Crippen molar-refractivity contribution in [2.75, 3.05) is 18.8 Å². The maximum Gasteiger partial charge on any atom is 0.233 e. The van der Waals surface area contributed by atoms with Gasteiger partial charge in [0, 0.05) is 18.1 Å². The van der Waals surface area contributed by atoms with Crippen molar-refractivity contribution in [1.29, 1.82) is 0 Å². The molecule has 2 aromatic rings. The molecule has 1 aliphatic rings. The summed E-state index contributed by atoms with van der Waals surface area (Å²) in [5, 5.41) is 1.40. The lowest BCUT2D eigenvalue weighted by Gasteiger charge is -2.35. The number of thioether (sulfide) groups is 1. The van der Waals surface area contributed by atoms with Crippen molar-refractivity contribution in [1.82, 2.24) is 14.9 Å². The summed E-state index contributed by atoms with van der Waals surface area (Å²) in [6, 6.07) is 5.51. The first kappa shape index (κ1) is 15.6. The number of amides is 1. The molecular formula is C15H18ClN3O2S. The minimum atomic E-state index is 0.0889. The molecule has 1 amide bonds. The molecule has 1 aromatic carbocycles. The van der Waals surface area contributed by atoms with Gasteiger partial charge in [-0.05, 0) is 32.0 Å². The van der Waals surface area contributed by atoms with Gasteiger partial charge in [-0.25, -0.2) is 4.98 Å². The zero-order valence-electron chi connectivity index (χ0n) is 12.5. The van der Waals surface area contributed by atoms with Crippen LogP contribution in [0.5, 0.6) is 0 Å². The van der Waals surface area contributed by atoms with E-state index in [9.17, 15) is 4.79 Å². The summed E-state index contributed by atoms with van der Waals surface area (Å²) in [5.41, 5.74) is 1.74. The number of imidazole rings is 1. The second-order valence-corrected chi connectivity index (χ2v) is 6.95. The highest BCUT2D eigenvalue weighted by Gasteiger charge is 2.25. The Kier molecular flexibility index (Phi) is 4.61. The molecule has 5 nitrogen and oxygen atoms in total. The molecule has 0 aliphatic carbocycles. The standard InChI is InChI=1S/C15H18ClN3O2S/c1-9-6-19(7-10(2)21-9)14(20)8-22-15-17-12-4-3-11(16)5-13(12)18-15/h3-5,9-10H,6-8H2,1-2H3,(H,17,18)/t9-,10-/m0/s1. The highest BCUT2D eigenvalue weighted by molar-refractivity contribution is 7.99. The molecule has 1 aliphatic heterocycles. The molecule has 2 atom stereocenters. The molecule has 0 bridgehead atoms. The van der Waals surface area contributed by atoms with E-state index in [2.05, 4.69) is 9.97 Å². The highest BCUT2D eigenvalue weighted by Crippen LogP contribution is 2.23. The van der Waals surface area contributed by atoms with Gasteiger partial charge in [0.2, 0.25) is 5.91 Å². The molecule has 1 N–H and O–H groups in total. The van der Waals surface area contributed by atoms with Crippen molar-refractivity contribution < 1.29 is 9.53 Å². The monoisotopic (exact) mass is 339 g/mol. The van der Waals surface area contributed by atoms with Crippen molar-refractivity contribution in [2.24, 2.45) is 0 Å². The van der Waals surface area contributed by atoms with Crippen LogP contribution in [0, 0.1) is 0 Å². The third-order valence-corrected chi connectivity index (χ3v) is 4.62. The highest BCUT2D eigenvalue weighted by atomic mass is 35.5. The van der Waals surface area contributed by atoms with Gasteiger partial charge in [0.25, 0.3) is 0 Å². The summed E-state index contributed by atoms with van der Waals surface area (Å²) in [6.07, 6.45) is 0.178. The second kappa shape index (κ2) is 6.48. The van der Waals surface area contributed by atoms with Gasteiger partial charge < -0.3 is 14.6 Å². The summed E-state index contributed by atoms with van der Waals surface area (Å²) in [5.74, 6) is 0.484. The van der Waals surface area contributed by atoms with E-state index < -0.39 is 0 Å². The molecule has 22 heavy (non-hydrogen) atoms. The molecule has 1 aromatic heterocycles. The fraction of sp³-hybridized carbons (Fsp3) is 0.467. The van der Waals surface area contributed by atoms with Gasteiger partial charge in [-0.15, -0.1) is 0 Å². The van der Waals surface area contributed by atoms with Crippen LogP contribution in [0.25, 0.3) is 11.0 Å². The Labute approximate surface area is 138 Å². The smallest absolute Gasteiger partial charge is 0.233 e. The average Bonchev–Trinajstić information content (AvgIpc) is 2.85. The molecule has 0 unspecified atom stereocenters. The number of halogens is 1. The van der Waals surface area contributed by atoms with Crippen molar-refractivity contribution >= 4 is 40.3 Å². The third kappa shape index (κ3) is 3.56. The Bertz CT molecular complexity index is 680.